The van der Waals surface area contributed by atoms with Crippen LogP contribution in [-0.4, -0.2) is 17.9 Å². The van der Waals surface area contributed by atoms with Crippen molar-refractivity contribution in [2.45, 2.75) is 32.9 Å². The minimum atomic E-state index is -0.714. The first-order valence-corrected chi connectivity index (χ1v) is 4.27. The van der Waals surface area contributed by atoms with Crippen LogP contribution in [0.5, 0.6) is 0 Å². The number of aliphatic hydroxyl groups excluding tert-OH is 1. The van der Waals surface area contributed by atoms with Crippen molar-refractivity contribution < 1.29 is 5.11 Å². The number of aliphatic hydroxyl groups is 1. The zero-order valence-electron chi connectivity index (χ0n) is 7.46. The van der Waals surface area contributed by atoms with Gasteiger partial charge < -0.3 is 16.6 Å². The van der Waals surface area contributed by atoms with Crippen molar-refractivity contribution in [3.8, 4) is 0 Å². The average molecular weight is 160 g/mol. The lowest BCUT2D eigenvalue weighted by atomic mass is 9.89. The summed E-state index contributed by atoms with van der Waals surface area (Å²) in [6, 6.07) is 0. The van der Waals surface area contributed by atoms with Gasteiger partial charge in [-0.05, 0) is 18.9 Å². The second kappa shape index (κ2) is 5.52. The normalized spacial score (nSPS) is 19.4. The summed E-state index contributed by atoms with van der Waals surface area (Å²) in [6.07, 6.45) is 1.28. The number of hydrogen-bond donors (Lipinski definition) is 3. The van der Waals surface area contributed by atoms with Crippen molar-refractivity contribution in [2.24, 2.45) is 23.3 Å². The topological polar surface area (TPSA) is 72.3 Å². The summed E-state index contributed by atoms with van der Waals surface area (Å²) >= 11 is 0. The van der Waals surface area contributed by atoms with E-state index in [1.165, 1.54) is 0 Å². The Morgan fingerprint density at radius 1 is 1.45 bits per heavy atom. The van der Waals surface area contributed by atoms with Gasteiger partial charge in [0.2, 0.25) is 0 Å². The van der Waals surface area contributed by atoms with Gasteiger partial charge in [-0.15, -0.1) is 0 Å². The van der Waals surface area contributed by atoms with E-state index in [2.05, 4.69) is 6.92 Å². The maximum absolute atomic E-state index is 9.17. The van der Waals surface area contributed by atoms with Crippen molar-refractivity contribution in [3.05, 3.63) is 0 Å². The lowest BCUT2D eigenvalue weighted by molar-refractivity contribution is 0.0783. The Balaban J connectivity index is 3.87. The Morgan fingerprint density at radius 2 is 2.00 bits per heavy atom. The van der Waals surface area contributed by atoms with E-state index in [0.29, 0.717) is 12.5 Å². The molecule has 0 rings (SSSR count). The zero-order valence-corrected chi connectivity index (χ0v) is 7.46. The molecule has 0 aromatic carbocycles. The summed E-state index contributed by atoms with van der Waals surface area (Å²) in [5.41, 5.74) is 10.9. The third-order valence-corrected chi connectivity index (χ3v) is 2.16. The third kappa shape index (κ3) is 3.70. The van der Waals surface area contributed by atoms with Crippen LogP contribution in [0.25, 0.3) is 0 Å². The lowest BCUT2D eigenvalue weighted by Crippen LogP contribution is -2.36. The standard InChI is InChI=1S/C8H20N2O/c1-3-4-7(8(10)11)6(2)5-9/h6-8,11H,3-5,9-10H2,1-2H3. The van der Waals surface area contributed by atoms with Crippen LogP contribution in [0.4, 0.5) is 0 Å². The van der Waals surface area contributed by atoms with E-state index < -0.39 is 6.23 Å². The molecule has 0 bridgehead atoms. The fourth-order valence-electron chi connectivity index (χ4n) is 1.30. The van der Waals surface area contributed by atoms with Crippen LogP contribution in [-0.2, 0) is 0 Å². The molecule has 3 nitrogen and oxygen atoms in total. The van der Waals surface area contributed by atoms with Crippen LogP contribution in [0.3, 0.4) is 0 Å². The Labute approximate surface area is 68.8 Å². The van der Waals surface area contributed by atoms with Crippen LogP contribution < -0.4 is 11.5 Å². The molecule has 3 atom stereocenters. The molecule has 3 heteroatoms. The molecule has 68 valence electrons. The van der Waals surface area contributed by atoms with Gasteiger partial charge in [0.1, 0.15) is 6.23 Å². The quantitative estimate of drug-likeness (QED) is 0.506. The molecule has 0 radical (unpaired) electrons. The number of rotatable bonds is 5. The summed E-state index contributed by atoms with van der Waals surface area (Å²) in [5, 5.41) is 9.17. The van der Waals surface area contributed by atoms with E-state index in [1.807, 2.05) is 6.92 Å². The molecule has 0 aromatic heterocycles. The maximum Gasteiger partial charge on any atom is 0.105 e. The van der Waals surface area contributed by atoms with Crippen LogP contribution in [0.2, 0.25) is 0 Å². The molecule has 0 saturated heterocycles. The minimum absolute atomic E-state index is 0.157. The molecule has 5 N–H and O–H groups in total. The first kappa shape index (κ1) is 10.9. The maximum atomic E-state index is 9.17. The van der Waals surface area contributed by atoms with Gasteiger partial charge in [-0.2, -0.15) is 0 Å². The van der Waals surface area contributed by atoms with Crippen LogP contribution >= 0.6 is 0 Å². The van der Waals surface area contributed by atoms with Crippen LogP contribution in [0.1, 0.15) is 26.7 Å². The molecule has 0 spiro atoms. The predicted octanol–water partition coefficient (Wildman–Crippen LogP) is 0.275. The summed E-state index contributed by atoms with van der Waals surface area (Å²) in [6.45, 7) is 4.70. The molecular weight excluding hydrogens is 140 g/mol. The third-order valence-electron chi connectivity index (χ3n) is 2.16. The smallest absolute Gasteiger partial charge is 0.105 e. The van der Waals surface area contributed by atoms with Crippen molar-refractivity contribution in [1.82, 2.24) is 0 Å². The molecule has 3 unspecified atom stereocenters. The van der Waals surface area contributed by atoms with Crippen molar-refractivity contribution in [2.75, 3.05) is 6.54 Å². The summed E-state index contributed by atoms with van der Waals surface area (Å²) in [4.78, 5) is 0. The highest BCUT2D eigenvalue weighted by Gasteiger charge is 2.20. The highest BCUT2D eigenvalue weighted by Crippen LogP contribution is 2.18. The highest BCUT2D eigenvalue weighted by molar-refractivity contribution is 4.70. The monoisotopic (exact) mass is 160 g/mol. The lowest BCUT2D eigenvalue weighted by Gasteiger charge is -2.24. The summed E-state index contributed by atoms with van der Waals surface area (Å²) in [5.74, 6) is 0.472. The molecular formula is C8H20N2O. The van der Waals surface area contributed by atoms with Crippen molar-refractivity contribution in [1.29, 1.82) is 0 Å². The van der Waals surface area contributed by atoms with E-state index in [-0.39, 0.29) is 5.92 Å². The van der Waals surface area contributed by atoms with E-state index in [9.17, 15) is 0 Å². The molecule has 0 heterocycles. The Hall–Kier alpha value is -0.120. The molecule has 0 aliphatic rings. The molecule has 0 aliphatic carbocycles. The number of nitrogens with two attached hydrogens (primary N) is 2. The van der Waals surface area contributed by atoms with Gasteiger partial charge in [-0.25, -0.2) is 0 Å². The van der Waals surface area contributed by atoms with Gasteiger partial charge in [0.15, 0.2) is 0 Å². The van der Waals surface area contributed by atoms with Gasteiger partial charge in [0.25, 0.3) is 0 Å². The first-order chi connectivity index (χ1) is 5.13. The molecule has 0 saturated carbocycles. The summed E-state index contributed by atoms with van der Waals surface area (Å²) < 4.78 is 0. The van der Waals surface area contributed by atoms with Gasteiger partial charge in [0.05, 0.1) is 0 Å². The average Bonchev–Trinajstić information content (AvgIpc) is 1.98. The largest absolute Gasteiger partial charge is 0.379 e. The fraction of sp³-hybridized carbons (Fsp3) is 1.00. The molecule has 0 fully saturated rings. The van der Waals surface area contributed by atoms with Gasteiger partial charge in [0, 0.05) is 5.92 Å². The second-order valence-corrected chi connectivity index (χ2v) is 3.16. The molecule has 0 amide bonds. The molecule has 0 aliphatic heterocycles. The second-order valence-electron chi connectivity index (χ2n) is 3.16. The Kier molecular flexibility index (Phi) is 5.46. The minimum Gasteiger partial charge on any atom is -0.379 e. The van der Waals surface area contributed by atoms with E-state index in [0.717, 1.165) is 12.8 Å². The Bertz CT molecular complexity index is 96.1. The van der Waals surface area contributed by atoms with E-state index in [1.54, 1.807) is 0 Å². The predicted molar refractivity (Wildman–Crippen MR) is 46.8 cm³/mol. The van der Waals surface area contributed by atoms with Crippen LogP contribution in [0, 0.1) is 11.8 Å². The van der Waals surface area contributed by atoms with Gasteiger partial charge >= 0.3 is 0 Å². The van der Waals surface area contributed by atoms with Gasteiger partial charge in [-0.1, -0.05) is 20.3 Å². The van der Waals surface area contributed by atoms with E-state index >= 15 is 0 Å². The zero-order chi connectivity index (χ0) is 8.85. The van der Waals surface area contributed by atoms with Crippen molar-refractivity contribution >= 4 is 0 Å². The molecule has 11 heavy (non-hydrogen) atoms. The molecule has 0 aromatic rings. The fourth-order valence-corrected chi connectivity index (χ4v) is 1.30. The SMILES string of the molecule is CCCC(C(N)O)C(C)CN. The van der Waals surface area contributed by atoms with E-state index in [4.69, 9.17) is 16.6 Å². The Morgan fingerprint density at radius 3 is 2.27 bits per heavy atom. The highest BCUT2D eigenvalue weighted by atomic mass is 16.3. The van der Waals surface area contributed by atoms with Crippen molar-refractivity contribution in [3.63, 3.8) is 0 Å². The van der Waals surface area contributed by atoms with Gasteiger partial charge in [-0.3, -0.25) is 0 Å². The van der Waals surface area contributed by atoms with Crippen LogP contribution in [0.15, 0.2) is 0 Å². The first-order valence-electron chi connectivity index (χ1n) is 4.27. The summed E-state index contributed by atoms with van der Waals surface area (Å²) in [7, 11) is 0. The number of hydrogen-bond acceptors (Lipinski definition) is 3.